The summed E-state index contributed by atoms with van der Waals surface area (Å²) in [6.07, 6.45) is 0.475. The average molecular weight is 297 g/mol. The Bertz CT molecular complexity index is 647. The zero-order valence-corrected chi connectivity index (χ0v) is 12.7. The summed E-state index contributed by atoms with van der Waals surface area (Å²) in [6.45, 7) is 6.95. The fourth-order valence-electron chi connectivity index (χ4n) is 2.62. The first-order valence-electron chi connectivity index (χ1n) is 6.55. The van der Waals surface area contributed by atoms with E-state index in [1.807, 2.05) is 12.1 Å². The standard InChI is InChI=1S/C14H19NO4S/c1-11-14(2,3)12-7-4-5-8-13(12)15(11)9-6-10-19-20(16,17)18/h4-5,7-8H,6,9-10H2,1-3H3. The van der Waals surface area contributed by atoms with E-state index in [4.69, 9.17) is 0 Å². The van der Waals surface area contributed by atoms with Gasteiger partial charge in [-0.3, -0.25) is 4.18 Å². The summed E-state index contributed by atoms with van der Waals surface area (Å²) in [4.78, 5) is 0. The molecule has 0 bridgehead atoms. The molecule has 1 heterocycles. The predicted octanol–water partition coefficient (Wildman–Crippen LogP) is 1.95. The van der Waals surface area contributed by atoms with E-state index in [-0.39, 0.29) is 12.0 Å². The van der Waals surface area contributed by atoms with Gasteiger partial charge in [-0.25, -0.2) is 8.42 Å². The van der Waals surface area contributed by atoms with E-state index in [0.717, 1.165) is 5.69 Å². The maximum Gasteiger partial charge on any atom is 0.217 e. The highest BCUT2D eigenvalue weighted by Crippen LogP contribution is 2.39. The molecule has 20 heavy (non-hydrogen) atoms. The van der Waals surface area contributed by atoms with E-state index in [9.17, 15) is 13.0 Å². The van der Waals surface area contributed by atoms with Crippen LogP contribution < -0.4 is 0 Å². The SMILES string of the molecule is CC1=[N+](CCCOS(=O)(=O)[O-])c2ccccc2C1(C)C. The van der Waals surface area contributed by atoms with Crippen LogP contribution >= 0.6 is 0 Å². The highest BCUT2D eigenvalue weighted by atomic mass is 32.3. The molecule has 0 aromatic heterocycles. The summed E-state index contributed by atoms with van der Waals surface area (Å²) in [7, 11) is -4.59. The van der Waals surface area contributed by atoms with Crippen molar-refractivity contribution in [2.75, 3.05) is 13.2 Å². The Kier molecular flexibility index (Phi) is 4.00. The maximum absolute atomic E-state index is 10.4. The summed E-state index contributed by atoms with van der Waals surface area (Å²) < 4.78 is 37.6. The van der Waals surface area contributed by atoms with Gasteiger partial charge in [0.1, 0.15) is 0 Å². The van der Waals surface area contributed by atoms with Crippen LogP contribution in [-0.4, -0.2) is 36.4 Å². The first-order chi connectivity index (χ1) is 9.23. The molecule has 0 unspecified atom stereocenters. The van der Waals surface area contributed by atoms with Crippen molar-refractivity contribution in [3.05, 3.63) is 29.8 Å². The third kappa shape index (κ3) is 2.92. The number of para-hydroxylation sites is 1. The third-order valence-electron chi connectivity index (χ3n) is 3.93. The number of nitrogens with zero attached hydrogens (tertiary/aromatic N) is 1. The van der Waals surface area contributed by atoms with Crippen LogP contribution in [0.3, 0.4) is 0 Å². The average Bonchev–Trinajstić information content (AvgIpc) is 2.54. The molecule has 6 heteroatoms. The van der Waals surface area contributed by atoms with Crippen LogP contribution in [0.1, 0.15) is 32.8 Å². The normalized spacial score (nSPS) is 17.4. The molecule has 1 aromatic rings. The van der Waals surface area contributed by atoms with Crippen LogP contribution in [0.5, 0.6) is 0 Å². The second-order valence-corrected chi connectivity index (χ2v) is 6.52. The Morgan fingerprint density at radius 2 is 1.95 bits per heavy atom. The fourth-order valence-corrected chi connectivity index (χ4v) is 2.94. The van der Waals surface area contributed by atoms with Gasteiger partial charge in [-0.05, 0) is 13.8 Å². The lowest BCUT2D eigenvalue weighted by Crippen LogP contribution is -2.27. The minimum atomic E-state index is -4.59. The molecule has 0 saturated heterocycles. The predicted molar refractivity (Wildman–Crippen MR) is 75.2 cm³/mol. The molecule has 0 atom stereocenters. The van der Waals surface area contributed by atoms with Crippen LogP contribution in [0.2, 0.25) is 0 Å². The lowest BCUT2D eigenvalue weighted by molar-refractivity contribution is -0.439. The van der Waals surface area contributed by atoms with Crippen molar-refractivity contribution in [2.45, 2.75) is 32.6 Å². The summed E-state index contributed by atoms with van der Waals surface area (Å²) in [5.74, 6) is 0. The van der Waals surface area contributed by atoms with Gasteiger partial charge in [-0.2, -0.15) is 4.58 Å². The van der Waals surface area contributed by atoms with E-state index < -0.39 is 10.4 Å². The monoisotopic (exact) mass is 297 g/mol. The van der Waals surface area contributed by atoms with Crippen molar-refractivity contribution in [1.29, 1.82) is 0 Å². The van der Waals surface area contributed by atoms with Gasteiger partial charge in [0.2, 0.25) is 16.1 Å². The first kappa shape index (κ1) is 15.2. The molecule has 0 amide bonds. The van der Waals surface area contributed by atoms with Gasteiger partial charge in [0.25, 0.3) is 0 Å². The lowest BCUT2D eigenvalue weighted by atomic mass is 9.82. The molecule has 0 saturated carbocycles. The smallest absolute Gasteiger partial charge is 0.217 e. The molecule has 1 aliphatic rings. The van der Waals surface area contributed by atoms with Gasteiger partial charge in [-0.15, -0.1) is 0 Å². The van der Waals surface area contributed by atoms with Gasteiger partial charge in [-0.1, -0.05) is 18.2 Å². The zero-order valence-electron chi connectivity index (χ0n) is 11.9. The fraction of sp³-hybridized carbons (Fsp3) is 0.500. The molecule has 110 valence electrons. The van der Waals surface area contributed by atoms with Crippen LogP contribution in [0.25, 0.3) is 0 Å². The zero-order chi connectivity index (χ0) is 15.0. The molecule has 0 N–H and O–H groups in total. The van der Waals surface area contributed by atoms with Crippen molar-refractivity contribution < 1.29 is 21.7 Å². The number of benzene rings is 1. The Morgan fingerprint density at radius 3 is 2.60 bits per heavy atom. The van der Waals surface area contributed by atoms with Crippen LogP contribution in [0, 0.1) is 0 Å². The summed E-state index contributed by atoms with van der Waals surface area (Å²) >= 11 is 0. The second kappa shape index (κ2) is 5.27. The van der Waals surface area contributed by atoms with Gasteiger partial charge in [0.15, 0.2) is 12.3 Å². The van der Waals surface area contributed by atoms with Gasteiger partial charge in [0.05, 0.1) is 12.0 Å². The molecule has 0 spiro atoms. The molecular formula is C14H19NO4S. The number of rotatable bonds is 5. The molecule has 0 aliphatic carbocycles. The van der Waals surface area contributed by atoms with Crippen molar-refractivity contribution in [2.24, 2.45) is 0 Å². The van der Waals surface area contributed by atoms with Crippen LogP contribution in [-0.2, 0) is 20.0 Å². The van der Waals surface area contributed by atoms with E-state index in [2.05, 4.69) is 41.7 Å². The Hall–Kier alpha value is -1.24. The summed E-state index contributed by atoms with van der Waals surface area (Å²) in [5.41, 5.74) is 3.57. The minimum Gasteiger partial charge on any atom is -0.726 e. The Balaban J connectivity index is 2.14. The van der Waals surface area contributed by atoms with Gasteiger partial charge in [0, 0.05) is 25.0 Å². The quantitative estimate of drug-likeness (QED) is 0.360. The summed E-state index contributed by atoms with van der Waals surface area (Å²) in [6, 6.07) is 8.17. The van der Waals surface area contributed by atoms with Crippen LogP contribution in [0.4, 0.5) is 5.69 Å². The number of hydrogen-bond donors (Lipinski definition) is 0. The maximum atomic E-state index is 10.4. The molecule has 5 nitrogen and oxygen atoms in total. The van der Waals surface area contributed by atoms with Crippen LogP contribution in [0.15, 0.2) is 24.3 Å². The number of hydrogen-bond acceptors (Lipinski definition) is 4. The van der Waals surface area contributed by atoms with Gasteiger partial charge >= 0.3 is 0 Å². The van der Waals surface area contributed by atoms with Gasteiger partial charge < -0.3 is 4.55 Å². The second-order valence-electron chi connectivity index (χ2n) is 5.46. The Morgan fingerprint density at radius 1 is 1.30 bits per heavy atom. The largest absolute Gasteiger partial charge is 0.726 e. The molecule has 1 aromatic carbocycles. The molecule has 0 radical (unpaired) electrons. The highest BCUT2D eigenvalue weighted by Gasteiger charge is 2.42. The molecular weight excluding hydrogens is 278 g/mol. The van der Waals surface area contributed by atoms with Crippen molar-refractivity contribution in [3.63, 3.8) is 0 Å². The third-order valence-corrected chi connectivity index (χ3v) is 4.39. The van der Waals surface area contributed by atoms with E-state index in [1.54, 1.807) is 0 Å². The summed E-state index contributed by atoms with van der Waals surface area (Å²) in [5, 5.41) is 0. The molecule has 2 rings (SSSR count). The van der Waals surface area contributed by atoms with E-state index >= 15 is 0 Å². The van der Waals surface area contributed by atoms with Crippen molar-refractivity contribution in [1.82, 2.24) is 0 Å². The van der Waals surface area contributed by atoms with E-state index in [1.165, 1.54) is 11.3 Å². The molecule has 1 aliphatic heterocycles. The Labute approximate surface area is 119 Å². The first-order valence-corrected chi connectivity index (χ1v) is 7.88. The number of fused-ring (bicyclic) bond motifs is 1. The lowest BCUT2D eigenvalue weighted by Gasteiger charge is -2.14. The van der Waals surface area contributed by atoms with Crippen molar-refractivity contribution in [3.8, 4) is 0 Å². The minimum absolute atomic E-state index is 0.0396. The molecule has 0 fully saturated rings. The van der Waals surface area contributed by atoms with E-state index in [0.29, 0.717) is 13.0 Å². The highest BCUT2D eigenvalue weighted by molar-refractivity contribution is 7.80. The topological polar surface area (TPSA) is 69.4 Å². The van der Waals surface area contributed by atoms with Crippen molar-refractivity contribution >= 4 is 21.8 Å².